The SMILES string of the molecule is O=C1CCC(NC(=O)C(=O)O)C(=O)N1. The Labute approximate surface area is 78.5 Å². The largest absolute Gasteiger partial charge is 0.474 e. The Morgan fingerprint density at radius 1 is 1.43 bits per heavy atom. The Morgan fingerprint density at radius 3 is 2.57 bits per heavy atom. The topological polar surface area (TPSA) is 113 Å². The summed E-state index contributed by atoms with van der Waals surface area (Å²) < 4.78 is 0. The van der Waals surface area contributed by atoms with Gasteiger partial charge in [0.05, 0.1) is 0 Å². The molecule has 0 aromatic rings. The lowest BCUT2D eigenvalue weighted by molar-refractivity contribution is -0.151. The van der Waals surface area contributed by atoms with Crippen molar-refractivity contribution in [2.45, 2.75) is 18.9 Å². The second kappa shape index (κ2) is 3.86. The van der Waals surface area contributed by atoms with Gasteiger partial charge in [0.25, 0.3) is 0 Å². The maximum absolute atomic E-state index is 11.0. The second-order valence-electron chi connectivity index (χ2n) is 2.78. The maximum atomic E-state index is 11.0. The predicted molar refractivity (Wildman–Crippen MR) is 42.0 cm³/mol. The zero-order valence-electron chi connectivity index (χ0n) is 7.07. The molecule has 0 aliphatic carbocycles. The molecule has 7 nitrogen and oxygen atoms in total. The first-order chi connectivity index (χ1) is 6.50. The van der Waals surface area contributed by atoms with Gasteiger partial charge in [-0.05, 0) is 6.42 Å². The first-order valence-electron chi connectivity index (χ1n) is 3.88. The molecule has 1 fully saturated rings. The normalized spacial score (nSPS) is 21.3. The Bertz CT molecular complexity index is 311. The van der Waals surface area contributed by atoms with Crippen molar-refractivity contribution in [3.05, 3.63) is 0 Å². The van der Waals surface area contributed by atoms with Gasteiger partial charge in [-0.1, -0.05) is 0 Å². The molecular weight excluding hydrogens is 192 g/mol. The lowest BCUT2D eigenvalue weighted by atomic mass is 10.1. The van der Waals surface area contributed by atoms with Gasteiger partial charge in [0, 0.05) is 6.42 Å². The molecule has 3 amide bonds. The van der Waals surface area contributed by atoms with Crippen molar-refractivity contribution in [2.24, 2.45) is 0 Å². The van der Waals surface area contributed by atoms with Crippen LogP contribution in [0.15, 0.2) is 0 Å². The zero-order valence-corrected chi connectivity index (χ0v) is 7.07. The molecule has 0 aromatic heterocycles. The number of carboxylic acid groups (broad SMARTS) is 1. The van der Waals surface area contributed by atoms with E-state index in [0.29, 0.717) is 0 Å². The van der Waals surface area contributed by atoms with E-state index in [1.54, 1.807) is 0 Å². The number of rotatable bonds is 1. The minimum atomic E-state index is -1.66. The molecule has 14 heavy (non-hydrogen) atoms. The van der Waals surface area contributed by atoms with Crippen LogP contribution in [-0.2, 0) is 19.2 Å². The standard InChI is InChI=1S/C7H8N2O5/c10-4-2-1-3(5(11)9-4)8-6(12)7(13)14/h3H,1-2H2,(H,8,12)(H,13,14)(H,9,10,11). The van der Waals surface area contributed by atoms with Crippen molar-refractivity contribution in [3.8, 4) is 0 Å². The first-order valence-corrected chi connectivity index (χ1v) is 3.88. The summed E-state index contributed by atoms with van der Waals surface area (Å²) in [7, 11) is 0. The number of carboxylic acids is 1. The van der Waals surface area contributed by atoms with Crippen LogP contribution < -0.4 is 10.6 Å². The number of aliphatic carboxylic acids is 1. The van der Waals surface area contributed by atoms with E-state index in [-0.39, 0.29) is 12.8 Å². The van der Waals surface area contributed by atoms with E-state index in [1.165, 1.54) is 0 Å². The van der Waals surface area contributed by atoms with Crippen LogP contribution in [0.5, 0.6) is 0 Å². The quantitative estimate of drug-likeness (QED) is 0.334. The summed E-state index contributed by atoms with van der Waals surface area (Å²) in [5.74, 6) is -4.00. The van der Waals surface area contributed by atoms with E-state index in [2.05, 4.69) is 0 Å². The number of hydrogen-bond donors (Lipinski definition) is 3. The molecule has 1 unspecified atom stereocenters. The van der Waals surface area contributed by atoms with Gasteiger partial charge < -0.3 is 10.4 Å². The van der Waals surface area contributed by atoms with Crippen molar-refractivity contribution >= 4 is 23.7 Å². The van der Waals surface area contributed by atoms with E-state index >= 15 is 0 Å². The fourth-order valence-electron chi connectivity index (χ4n) is 1.05. The zero-order chi connectivity index (χ0) is 10.7. The summed E-state index contributed by atoms with van der Waals surface area (Å²) in [5.41, 5.74) is 0. The van der Waals surface area contributed by atoms with Crippen molar-refractivity contribution in [3.63, 3.8) is 0 Å². The number of carbonyl (C=O) groups excluding carboxylic acids is 3. The van der Waals surface area contributed by atoms with Crippen LogP contribution in [0.4, 0.5) is 0 Å². The molecule has 1 aliphatic heterocycles. The Morgan fingerprint density at radius 2 is 2.07 bits per heavy atom. The van der Waals surface area contributed by atoms with Crippen LogP contribution >= 0.6 is 0 Å². The van der Waals surface area contributed by atoms with Gasteiger partial charge >= 0.3 is 11.9 Å². The highest BCUT2D eigenvalue weighted by molar-refractivity contribution is 6.32. The van der Waals surface area contributed by atoms with Crippen molar-refractivity contribution in [1.29, 1.82) is 0 Å². The number of amides is 3. The summed E-state index contributed by atoms with van der Waals surface area (Å²) in [6.07, 6.45) is 0.222. The summed E-state index contributed by atoms with van der Waals surface area (Å²) >= 11 is 0. The Hall–Kier alpha value is -1.92. The van der Waals surface area contributed by atoms with Crippen LogP contribution in [-0.4, -0.2) is 34.8 Å². The molecule has 76 valence electrons. The van der Waals surface area contributed by atoms with E-state index in [1.807, 2.05) is 10.6 Å². The average Bonchev–Trinajstić information content (AvgIpc) is 2.09. The van der Waals surface area contributed by atoms with E-state index < -0.39 is 29.7 Å². The Kier molecular flexibility index (Phi) is 2.80. The smallest absolute Gasteiger partial charge is 0.394 e. The average molecular weight is 200 g/mol. The van der Waals surface area contributed by atoms with Crippen LogP contribution in [0.2, 0.25) is 0 Å². The van der Waals surface area contributed by atoms with Gasteiger partial charge in [-0.2, -0.15) is 0 Å². The lowest BCUT2D eigenvalue weighted by Crippen LogP contribution is -2.53. The monoisotopic (exact) mass is 200 g/mol. The number of nitrogens with one attached hydrogen (secondary N) is 2. The third kappa shape index (κ3) is 2.28. The van der Waals surface area contributed by atoms with Crippen molar-refractivity contribution < 1.29 is 24.3 Å². The summed E-state index contributed by atoms with van der Waals surface area (Å²) in [6.45, 7) is 0. The highest BCUT2D eigenvalue weighted by Crippen LogP contribution is 2.03. The minimum absolute atomic E-state index is 0.0936. The molecular formula is C7H8N2O5. The van der Waals surface area contributed by atoms with Crippen LogP contribution in [0.3, 0.4) is 0 Å². The number of hydrogen-bond acceptors (Lipinski definition) is 4. The van der Waals surface area contributed by atoms with Gasteiger partial charge in [0.15, 0.2) is 0 Å². The number of carbonyl (C=O) groups is 4. The third-order valence-corrected chi connectivity index (χ3v) is 1.74. The fraction of sp³-hybridized carbons (Fsp3) is 0.429. The van der Waals surface area contributed by atoms with Gasteiger partial charge in [-0.15, -0.1) is 0 Å². The van der Waals surface area contributed by atoms with Crippen LogP contribution in [0.1, 0.15) is 12.8 Å². The van der Waals surface area contributed by atoms with Crippen molar-refractivity contribution in [2.75, 3.05) is 0 Å². The molecule has 0 spiro atoms. The van der Waals surface area contributed by atoms with E-state index in [0.717, 1.165) is 0 Å². The second-order valence-corrected chi connectivity index (χ2v) is 2.78. The van der Waals surface area contributed by atoms with Gasteiger partial charge in [-0.25, -0.2) is 4.79 Å². The van der Waals surface area contributed by atoms with E-state index in [4.69, 9.17) is 5.11 Å². The van der Waals surface area contributed by atoms with Gasteiger partial charge in [0.1, 0.15) is 6.04 Å². The highest BCUT2D eigenvalue weighted by atomic mass is 16.4. The lowest BCUT2D eigenvalue weighted by Gasteiger charge is -2.20. The fourth-order valence-corrected chi connectivity index (χ4v) is 1.05. The molecule has 1 atom stereocenters. The molecule has 0 radical (unpaired) electrons. The summed E-state index contributed by atoms with van der Waals surface area (Å²) in [4.78, 5) is 42.5. The van der Waals surface area contributed by atoms with Crippen LogP contribution in [0.25, 0.3) is 0 Å². The maximum Gasteiger partial charge on any atom is 0.394 e. The summed E-state index contributed by atoms with van der Waals surface area (Å²) in [5, 5.41) is 12.2. The molecule has 0 saturated carbocycles. The summed E-state index contributed by atoms with van der Waals surface area (Å²) in [6, 6.07) is -0.934. The van der Waals surface area contributed by atoms with Gasteiger partial charge in [-0.3, -0.25) is 19.7 Å². The van der Waals surface area contributed by atoms with Gasteiger partial charge in [0.2, 0.25) is 11.8 Å². The van der Waals surface area contributed by atoms with Crippen LogP contribution in [0, 0.1) is 0 Å². The molecule has 1 rings (SSSR count). The number of imide groups is 1. The van der Waals surface area contributed by atoms with Crippen molar-refractivity contribution in [1.82, 2.24) is 10.6 Å². The first kappa shape index (κ1) is 10.2. The molecule has 1 heterocycles. The molecule has 3 N–H and O–H groups in total. The number of piperidine rings is 1. The molecule has 1 saturated heterocycles. The molecule has 7 heteroatoms. The van der Waals surface area contributed by atoms with E-state index in [9.17, 15) is 19.2 Å². The molecule has 0 bridgehead atoms. The Balaban J connectivity index is 2.54. The minimum Gasteiger partial charge on any atom is -0.474 e. The highest BCUT2D eigenvalue weighted by Gasteiger charge is 2.29. The predicted octanol–water partition coefficient (Wildman–Crippen LogP) is -2.01. The molecule has 0 aromatic carbocycles. The third-order valence-electron chi connectivity index (χ3n) is 1.74. The molecule has 1 aliphatic rings.